The lowest BCUT2D eigenvalue weighted by Crippen LogP contribution is -2.46. The average molecular weight is 916 g/mol. The lowest BCUT2D eigenvalue weighted by Gasteiger charge is -2.30. The Hall–Kier alpha value is -2.32. The van der Waals surface area contributed by atoms with Crippen LogP contribution in [0.4, 0.5) is 0 Å². The molecule has 0 radical (unpaired) electrons. The highest BCUT2D eigenvalue weighted by Crippen LogP contribution is 2.15. The smallest absolute Gasteiger partial charge is 0.0820 e. The molecule has 0 spiro atoms. The molecule has 2 aromatic rings. The van der Waals surface area contributed by atoms with Gasteiger partial charge in [-0.25, -0.2) is 0 Å². The topological polar surface area (TPSA) is 99.0 Å². The maximum atomic E-state index is 11.3. The lowest BCUT2D eigenvalue weighted by atomic mass is 10.0. The zero-order valence-corrected chi connectivity index (χ0v) is 43.2. The number of rotatable bonds is 47. The molecule has 6 N–H and O–H groups in total. The van der Waals surface area contributed by atoms with Gasteiger partial charge in [0.25, 0.3) is 0 Å². The van der Waals surface area contributed by atoms with E-state index in [0.717, 1.165) is 51.9 Å². The standard InChI is InChI=1S/C60H106N4O2/c1-3-5-7-9-11-13-15-17-19-21-23-25-27-29-31-39-47-63(53-59(65)57(61)51-55-43-35-33-36-44-55)49-41-42-50-64(54-60(66)58(62)52-56-45-37-34-38-46-56)48-40-32-30-28-26-24-22-20-18-16-14-12-10-8-6-4-2/h17-20,33-38,43-46,57-60,65-66H,3-16,21-32,39-42,47-54,61-62H2,1-2H3/b19-17+,20-18+. The van der Waals surface area contributed by atoms with Crippen LogP contribution in [0.1, 0.15) is 218 Å². The van der Waals surface area contributed by atoms with Crippen molar-refractivity contribution in [2.75, 3.05) is 39.3 Å². The molecule has 0 amide bonds. The first-order valence-corrected chi connectivity index (χ1v) is 28.1. The van der Waals surface area contributed by atoms with Crippen molar-refractivity contribution in [2.24, 2.45) is 11.5 Å². The van der Waals surface area contributed by atoms with E-state index in [4.69, 9.17) is 11.5 Å². The van der Waals surface area contributed by atoms with Gasteiger partial charge in [0.1, 0.15) is 0 Å². The van der Waals surface area contributed by atoms with Crippen LogP contribution in [0.25, 0.3) is 0 Å². The van der Waals surface area contributed by atoms with Crippen LogP contribution >= 0.6 is 0 Å². The fraction of sp³-hybridized carbons (Fsp3) is 0.733. The van der Waals surface area contributed by atoms with Gasteiger partial charge in [-0.3, -0.25) is 0 Å². The molecule has 0 saturated heterocycles. The summed E-state index contributed by atoms with van der Waals surface area (Å²) in [6.07, 6.45) is 48.7. The summed E-state index contributed by atoms with van der Waals surface area (Å²) in [7, 11) is 0. The Bertz CT molecular complexity index is 1250. The first-order chi connectivity index (χ1) is 32.4. The minimum atomic E-state index is -0.566. The van der Waals surface area contributed by atoms with Gasteiger partial charge in [0.2, 0.25) is 0 Å². The van der Waals surface area contributed by atoms with Crippen LogP contribution in [-0.4, -0.2) is 83.6 Å². The second-order valence-corrected chi connectivity index (χ2v) is 20.0. The third-order valence-corrected chi connectivity index (χ3v) is 13.7. The molecular formula is C60H106N4O2. The molecule has 4 atom stereocenters. The highest BCUT2D eigenvalue weighted by atomic mass is 16.3. The van der Waals surface area contributed by atoms with Gasteiger partial charge >= 0.3 is 0 Å². The molecule has 66 heavy (non-hydrogen) atoms. The molecule has 0 aliphatic heterocycles. The molecule has 4 unspecified atom stereocenters. The Morgan fingerprint density at radius 3 is 0.939 bits per heavy atom. The number of aliphatic hydroxyl groups is 2. The van der Waals surface area contributed by atoms with Crippen LogP contribution in [0, 0.1) is 0 Å². The van der Waals surface area contributed by atoms with Crippen molar-refractivity contribution >= 4 is 0 Å². The van der Waals surface area contributed by atoms with Crippen LogP contribution in [0.5, 0.6) is 0 Å². The van der Waals surface area contributed by atoms with Crippen LogP contribution in [0.3, 0.4) is 0 Å². The molecule has 6 nitrogen and oxygen atoms in total. The summed E-state index contributed by atoms with van der Waals surface area (Å²) >= 11 is 0. The largest absolute Gasteiger partial charge is 0.390 e. The molecule has 0 aliphatic rings. The Labute approximate surface area is 408 Å². The minimum Gasteiger partial charge on any atom is -0.390 e. The molecule has 0 aliphatic carbocycles. The quantitative estimate of drug-likeness (QED) is 0.0390. The van der Waals surface area contributed by atoms with E-state index in [1.165, 1.54) is 178 Å². The normalized spacial score (nSPS) is 14.0. The van der Waals surface area contributed by atoms with E-state index >= 15 is 0 Å². The predicted octanol–water partition coefficient (Wildman–Crippen LogP) is 14.3. The average Bonchev–Trinajstić information content (AvgIpc) is 3.32. The number of hydrogen-bond acceptors (Lipinski definition) is 6. The molecule has 0 heterocycles. The van der Waals surface area contributed by atoms with Crippen molar-refractivity contribution in [3.05, 3.63) is 96.1 Å². The van der Waals surface area contributed by atoms with Gasteiger partial charge < -0.3 is 31.5 Å². The van der Waals surface area contributed by atoms with Gasteiger partial charge in [-0.1, -0.05) is 214 Å². The van der Waals surface area contributed by atoms with Crippen molar-refractivity contribution in [1.29, 1.82) is 0 Å². The SMILES string of the molecule is CCCCCCCC/C=C/CCCCCCCCN(CCCCN(CCCCCCCC/C=C/CCCCCCCC)CC(O)C(N)Cc1ccccc1)CC(O)C(N)Cc1ccccc1. The molecular weight excluding hydrogens is 809 g/mol. The maximum absolute atomic E-state index is 11.3. The number of nitrogens with zero attached hydrogens (tertiary/aromatic N) is 2. The highest BCUT2D eigenvalue weighted by molar-refractivity contribution is 5.17. The zero-order chi connectivity index (χ0) is 47.4. The summed E-state index contributed by atoms with van der Waals surface area (Å²) in [6, 6.07) is 20.1. The fourth-order valence-electron chi connectivity index (χ4n) is 9.27. The predicted molar refractivity (Wildman–Crippen MR) is 289 cm³/mol. The van der Waals surface area contributed by atoms with Crippen molar-refractivity contribution < 1.29 is 10.2 Å². The van der Waals surface area contributed by atoms with E-state index in [0.29, 0.717) is 25.9 Å². The number of nitrogens with two attached hydrogens (primary N) is 2. The molecule has 6 heteroatoms. The Kier molecular flexibility index (Phi) is 39.8. The molecule has 2 aromatic carbocycles. The number of hydrogen-bond donors (Lipinski definition) is 4. The van der Waals surface area contributed by atoms with Gasteiger partial charge in [0.05, 0.1) is 12.2 Å². The first kappa shape index (κ1) is 59.8. The van der Waals surface area contributed by atoms with E-state index in [9.17, 15) is 10.2 Å². The van der Waals surface area contributed by atoms with Crippen molar-refractivity contribution in [1.82, 2.24) is 9.80 Å². The van der Waals surface area contributed by atoms with Crippen molar-refractivity contribution in [3.8, 4) is 0 Å². The molecule has 0 aromatic heterocycles. The van der Waals surface area contributed by atoms with Crippen molar-refractivity contribution in [3.63, 3.8) is 0 Å². The van der Waals surface area contributed by atoms with Gasteiger partial charge in [-0.05, 0) is 127 Å². The lowest BCUT2D eigenvalue weighted by molar-refractivity contribution is 0.0823. The zero-order valence-electron chi connectivity index (χ0n) is 43.2. The second kappa shape index (κ2) is 43.9. The number of aliphatic hydroxyl groups excluding tert-OH is 2. The summed E-state index contributed by atoms with van der Waals surface area (Å²) in [5.41, 5.74) is 15.6. The van der Waals surface area contributed by atoms with E-state index in [-0.39, 0.29) is 12.1 Å². The number of benzene rings is 2. The van der Waals surface area contributed by atoms with Crippen LogP contribution in [-0.2, 0) is 12.8 Å². The van der Waals surface area contributed by atoms with Gasteiger partial charge in [-0.15, -0.1) is 0 Å². The monoisotopic (exact) mass is 915 g/mol. The van der Waals surface area contributed by atoms with E-state index in [1.54, 1.807) is 0 Å². The number of allylic oxidation sites excluding steroid dienone is 4. The van der Waals surface area contributed by atoms with E-state index < -0.39 is 12.2 Å². The van der Waals surface area contributed by atoms with E-state index in [1.807, 2.05) is 36.4 Å². The fourth-order valence-corrected chi connectivity index (χ4v) is 9.27. The van der Waals surface area contributed by atoms with Crippen LogP contribution in [0.2, 0.25) is 0 Å². The Morgan fingerprint density at radius 1 is 0.379 bits per heavy atom. The summed E-state index contributed by atoms with van der Waals surface area (Å²) in [4.78, 5) is 4.95. The molecule has 0 saturated carbocycles. The molecule has 0 fully saturated rings. The summed E-state index contributed by atoms with van der Waals surface area (Å²) in [5.74, 6) is 0. The Balaban J connectivity index is 1.81. The van der Waals surface area contributed by atoms with Gasteiger partial charge in [0.15, 0.2) is 0 Å². The second-order valence-electron chi connectivity index (χ2n) is 20.0. The minimum absolute atomic E-state index is 0.289. The Morgan fingerprint density at radius 2 is 0.636 bits per heavy atom. The maximum Gasteiger partial charge on any atom is 0.0820 e. The summed E-state index contributed by atoms with van der Waals surface area (Å²) < 4.78 is 0. The first-order valence-electron chi connectivity index (χ1n) is 28.1. The van der Waals surface area contributed by atoms with Crippen molar-refractivity contribution in [2.45, 2.75) is 244 Å². The van der Waals surface area contributed by atoms with Gasteiger partial charge in [-0.2, -0.15) is 0 Å². The third-order valence-electron chi connectivity index (χ3n) is 13.7. The van der Waals surface area contributed by atoms with Gasteiger partial charge in [0, 0.05) is 25.2 Å². The van der Waals surface area contributed by atoms with Crippen LogP contribution < -0.4 is 11.5 Å². The molecule has 378 valence electrons. The van der Waals surface area contributed by atoms with E-state index in [2.05, 4.69) is 72.2 Å². The number of unbranched alkanes of at least 4 members (excludes halogenated alkanes) is 25. The highest BCUT2D eigenvalue weighted by Gasteiger charge is 2.21. The summed E-state index contributed by atoms with van der Waals surface area (Å²) in [6.45, 7) is 9.72. The molecule has 0 bridgehead atoms. The third kappa shape index (κ3) is 34.9. The summed E-state index contributed by atoms with van der Waals surface area (Å²) in [5, 5.41) is 22.7. The molecule has 2 rings (SSSR count). The van der Waals surface area contributed by atoms with Crippen LogP contribution in [0.15, 0.2) is 85.0 Å².